The van der Waals surface area contributed by atoms with Gasteiger partial charge >= 0.3 is 0 Å². The summed E-state index contributed by atoms with van der Waals surface area (Å²) in [5.41, 5.74) is 4.13. The highest BCUT2D eigenvalue weighted by Crippen LogP contribution is 2.31. The monoisotopic (exact) mass is 386 g/mol. The third-order valence-electron chi connectivity index (χ3n) is 5.83. The number of likely N-dealkylation sites (tertiary alicyclic amines) is 1. The molecule has 1 N–H and O–H groups in total. The molecular weight excluding hydrogens is 360 g/mol. The Labute approximate surface area is 171 Å². The first-order valence-electron chi connectivity index (χ1n) is 10.1. The minimum Gasteiger partial charge on any atom is -0.389 e. The quantitative estimate of drug-likeness (QED) is 0.729. The summed E-state index contributed by atoms with van der Waals surface area (Å²) in [4.78, 5) is 19.3. The van der Waals surface area contributed by atoms with Crippen molar-refractivity contribution in [3.05, 3.63) is 89.7 Å². The second kappa shape index (κ2) is 8.18. The van der Waals surface area contributed by atoms with Gasteiger partial charge in [0.25, 0.3) is 5.91 Å². The van der Waals surface area contributed by atoms with E-state index in [1.165, 1.54) is 0 Å². The van der Waals surface area contributed by atoms with Crippen LogP contribution in [0.4, 0.5) is 0 Å². The number of pyridine rings is 1. The average Bonchev–Trinajstić information content (AvgIpc) is 2.75. The van der Waals surface area contributed by atoms with Gasteiger partial charge in [0.05, 0.1) is 5.60 Å². The molecule has 2 aromatic carbocycles. The summed E-state index contributed by atoms with van der Waals surface area (Å²) in [5, 5.41) is 11.0. The molecule has 1 fully saturated rings. The topological polar surface area (TPSA) is 53.4 Å². The van der Waals surface area contributed by atoms with Gasteiger partial charge in [-0.3, -0.25) is 9.78 Å². The van der Waals surface area contributed by atoms with E-state index in [0.29, 0.717) is 37.9 Å². The fourth-order valence-corrected chi connectivity index (χ4v) is 4.20. The highest BCUT2D eigenvalue weighted by atomic mass is 16.3. The molecule has 0 aliphatic carbocycles. The molecule has 4 heteroatoms. The van der Waals surface area contributed by atoms with E-state index in [1.54, 1.807) is 12.4 Å². The fraction of sp³-hybridized carbons (Fsp3) is 0.280. The molecule has 2 heterocycles. The van der Waals surface area contributed by atoms with Crippen LogP contribution in [0.15, 0.2) is 73.1 Å². The van der Waals surface area contributed by atoms with Gasteiger partial charge in [0.2, 0.25) is 0 Å². The highest BCUT2D eigenvalue weighted by Gasteiger charge is 2.34. The Morgan fingerprint density at radius 1 is 1.00 bits per heavy atom. The Kier molecular flexibility index (Phi) is 5.45. The zero-order valence-electron chi connectivity index (χ0n) is 16.7. The maximum atomic E-state index is 13.3. The lowest BCUT2D eigenvalue weighted by atomic mass is 9.85. The lowest BCUT2D eigenvalue weighted by Gasteiger charge is -2.38. The van der Waals surface area contributed by atoms with Gasteiger partial charge in [0, 0.05) is 37.5 Å². The number of rotatable bonds is 4. The maximum Gasteiger partial charge on any atom is 0.254 e. The van der Waals surface area contributed by atoms with Crippen molar-refractivity contribution in [1.29, 1.82) is 0 Å². The summed E-state index contributed by atoms with van der Waals surface area (Å²) in [6.07, 6.45) is 5.30. The zero-order chi connectivity index (χ0) is 20.3. The number of carbonyl (C=O) groups is 1. The number of amides is 1. The molecule has 1 amide bonds. The van der Waals surface area contributed by atoms with E-state index in [0.717, 1.165) is 22.3 Å². The van der Waals surface area contributed by atoms with E-state index in [9.17, 15) is 9.90 Å². The minimum atomic E-state index is -0.751. The van der Waals surface area contributed by atoms with Crippen LogP contribution in [0.3, 0.4) is 0 Å². The lowest BCUT2D eigenvalue weighted by molar-refractivity contribution is -0.0162. The summed E-state index contributed by atoms with van der Waals surface area (Å²) in [6.45, 7) is 3.15. The van der Waals surface area contributed by atoms with E-state index >= 15 is 0 Å². The normalized spacial score (nSPS) is 15.9. The minimum absolute atomic E-state index is 0.0299. The first kappa shape index (κ1) is 19.3. The molecule has 1 aliphatic heterocycles. The standard InChI is InChI=1S/C25H26N2O2/c1-19-6-5-9-22(23(19)21-10-14-26-15-11-21)24(28)27-16-12-25(29,13-17-27)18-20-7-3-2-4-8-20/h2-11,14-15,29H,12-13,16-18H2,1H3. The Bertz CT molecular complexity index is 978. The smallest absolute Gasteiger partial charge is 0.254 e. The average molecular weight is 386 g/mol. The van der Waals surface area contributed by atoms with Gasteiger partial charge in [-0.15, -0.1) is 0 Å². The Morgan fingerprint density at radius 2 is 1.69 bits per heavy atom. The number of hydrogen-bond donors (Lipinski definition) is 1. The van der Waals surface area contributed by atoms with Gasteiger partial charge < -0.3 is 10.0 Å². The third kappa shape index (κ3) is 4.22. The molecular formula is C25H26N2O2. The van der Waals surface area contributed by atoms with Crippen LogP contribution in [0.2, 0.25) is 0 Å². The SMILES string of the molecule is Cc1cccc(C(=O)N2CCC(O)(Cc3ccccc3)CC2)c1-c1ccncc1. The van der Waals surface area contributed by atoms with Gasteiger partial charge in [-0.2, -0.15) is 0 Å². The summed E-state index contributed by atoms with van der Waals surface area (Å²) < 4.78 is 0. The molecule has 1 aliphatic rings. The van der Waals surface area contributed by atoms with Crippen LogP contribution in [-0.4, -0.2) is 39.6 Å². The van der Waals surface area contributed by atoms with Crippen molar-refractivity contribution in [3.8, 4) is 11.1 Å². The van der Waals surface area contributed by atoms with E-state index < -0.39 is 5.60 Å². The van der Waals surface area contributed by atoms with Crippen LogP contribution in [0.25, 0.3) is 11.1 Å². The van der Waals surface area contributed by atoms with Crippen molar-refractivity contribution in [2.24, 2.45) is 0 Å². The van der Waals surface area contributed by atoms with Gasteiger partial charge in [-0.05, 0) is 60.2 Å². The Hall–Kier alpha value is -2.98. The van der Waals surface area contributed by atoms with Gasteiger partial charge in [0.1, 0.15) is 0 Å². The van der Waals surface area contributed by atoms with Crippen LogP contribution >= 0.6 is 0 Å². The molecule has 148 valence electrons. The van der Waals surface area contributed by atoms with Crippen LogP contribution in [-0.2, 0) is 6.42 Å². The number of nitrogens with zero attached hydrogens (tertiary/aromatic N) is 2. The number of aryl methyl sites for hydroxylation is 1. The molecule has 0 spiro atoms. The van der Waals surface area contributed by atoms with Crippen molar-refractivity contribution >= 4 is 5.91 Å². The second-order valence-corrected chi connectivity index (χ2v) is 7.91. The van der Waals surface area contributed by atoms with E-state index in [2.05, 4.69) is 4.98 Å². The van der Waals surface area contributed by atoms with Crippen molar-refractivity contribution in [2.45, 2.75) is 31.8 Å². The molecule has 29 heavy (non-hydrogen) atoms. The predicted molar refractivity (Wildman–Crippen MR) is 115 cm³/mol. The van der Waals surface area contributed by atoms with E-state index in [4.69, 9.17) is 0 Å². The van der Waals surface area contributed by atoms with Crippen LogP contribution in [0, 0.1) is 6.92 Å². The van der Waals surface area contributed by atoms with Crippen molar-refractivity contribution < 1.29 is 9.90 Å². The Balaban J connectivity index is 1.52. The highest BCUT2D eigenvalue weighted by molar-refractivity contribution is 6.01. The fourth-order valence-electron chi connectivity index (χ4n) is 4.20. The number of hydrogen-bond acceptors (Lipinski definition) is 3. The molecule has 0 radical (unpaired) electrons. The predicted octanol–water partition coefficient (Wildman–Crippen LogP) is 4.27. The summed E-state index contributed by atoms with van der Waals surface area (Å²) >= 11 is 0. The molecule has 0 saturated carbocycles. The second-order valence-electron chi connectivity index (χ2n) is 7.91. The lowest BCUT2D eigenvalue weighted by Crippen LogP contribution is -2.47. The Morgan fingerprint density at radius 3 is 2.38 bits per heavy atom. The summed E-state index contributed by atoms with van der Waals surface area (Å²) in [5.74, 6) is 0.0299. The first-order chi connectivity index (χ1) is 14.1. The van der Waals surface area contributed by atoms with Crippen LogP contribution < -0.4 is 0 Å². The molecule has 1 saturated heterocycles. The molecule has 0 atom stereocenters. The van der Waals surface area contributed by atoms with Gasteiger partial charge in [-0.1, -0.05) is 42.5 Å². The summed E-state index contributed by atoms with van der Waals surface area (Å²) in [7, 11) is 0. The summed E-state index contributed by atoms with van der Waals surface area (Å²) in [6, 6.07) is 19.8. The molecule has 0 bridgehead atoms. The van der Waals surface area contributed by atoms with Crippen LogP contribution in [0.1, 0.15) is 34.3 Å². The van der Waals surface area contributed by atoms with Gasteiger partial charge in [0.15, 0.2) is 0 Å². The van der Waals surface area contributed by atoms with Crippen molar-refractivity contribution in [1.82, 2.24) is 9.88 Å². The van der Waals surface area contributed by atoms with Crippen molar-refractivity contribution in [3.63, 3.8) is 0 Å². The third-order valence-corrected chi connectivity index (χ3v) is 5.83. The van der Waals surface area contributed by atoms with Crippen molar-refractivity contribution in [2.75, 3.05) is 13.1 Å². The number of carbonyl (C=O) groups excluding carboxylic acids is 1. The molecule has 4 nitrogen and oxygen atoms in total. The molecule has 0 unspecified atom stereocenters. The molecule has 1 aromatic heterocycles. The van der Waals surface area contributed by atoms with Gasteiger partial charge in [-0.25, -0.2) is 0 Å². The number of benzene rings is 2. The number of aliphatic hydroxyl groups is 1. The first-order valence-corrected chi connectivity index (χ1v) is 10.1. The van der Waals surface area contributed by atoms with Crippen LogP contribution in [0.5, 0.6) is 0 Å². The maximum absolute atomic E-state index is 13.3. The zero-order valence-corrected chi connectivity index (χ0v) is 16.7. The molecule has 4 rings (SSSR count). The number of piperidine rings is 1. The largest absolute Gasteiger partial charge is 0.389 e. The van der Waals surface area contributed by atoms with E-state index in [-0.39, 0.29) is 5.91 Å². The molecule has 3 aromatic rings. The van der Waals surface area contributed by atoms with E-state index in [1.807, 2.05) is 72.5 Å². The number of aromatic nitrogens is 1.